The van der Waals surface area contributed by atoms with Gasteiger partial charge in [0.2, 0.25) is 11.9 Å². The summed E-state index contributed by atoms with van der Waals surface area (Å²) < 4.78 is 40.4. The molecular formula is C31H32ClFN6O6S. The number of carbonyl (C=O) groups excluding carboxylic acids is 2. The fourth-order valence-electron chi connectivity index (χ4n) is 4.23. The highest BCUT2D eigenvalue weighted by molar-refractivity contribution is 7.92. The van der Waals surface area contributed by atoms with Gasteiger partial charge in [-0.3, -0.25) is 9.59 Å². The summed E-state index contributed by atoms with van der Waals surface area (Å²) in [5.41, 5.74) is 0.664. The van der Waals surface area contributed by atoms with Crippen LogP contribution in [0, 0.1) is 5.82 Å². The highest BCUT2D eigenvalue weighted by atomic mass is 35.5. The van der Waals surface area contributed by atoms with E-state index >= 15 is 0 Å². The van der Waals surface area contributed by atoms with E-state index in [0.717, 1.165) is 12.1 Å². The van der Waals surface area contributed by atoms with Crippen molar-refractivity contribution in [1.29, 1.82) is 0 Å². The normalized spacial score (nSPS) is 11.4. The highest BCUT2D eigenvalue weighted by Crippen LogP contribution is 2.33. The zero-order valence-corrected chi connectivity index (χ0v) is 26.8. The van der Waals surface area contributed by atoms with Crippen LogP contribution in [0.3, 0.4) is 0 Å². The molecule has 4 rings (SSSR count). The first-order valence-electron chi connectivity index (χ1n) is 14.0. The lowest BCUT2D eigenvalue weighted by Crippen LogP contribution is -2.33. The van der Waals surface area contributed by atoms with E-state index in [0.29, 0.717) is 5.56 Å². The van der Waals surface area contributed by atoms with Crippen LogP contribution in [-0.2, 0) is 14.6 Å². The van der Waals surface area contributed by atoms with E-state index in [2.05, 4.69) is 31.2 Å². The zero-order chi connectivity index (χ0) is 33.8. The molecule has 0 saturated carbocycles. The number of hydrogen-bond donors (Lipinski definition) is 6. The lowest BCUT2D eigenvalue weighted by atomic mass is 9.98. The Kier molecular flexibility index (Phi) is 10.3. The summed E-state index contributed by atoms with van der Waals surface area (Å²) in [4.78, 5) is 33.6. The maximum Gasteiger partial charge on any atom is 0.255 e. The molecular weight excluding hydrogens is 639 g/mol. The summed E-state index contributed by atoms with van der Waals surface area (Å²) >= 11 is 6.28. The Balaban J connectivity index is 1.46. The molecule has 0 aliphatic rings. The zero-order valence-electron chi connectivity index (χ0n) is 25.2. The molecule has 1 heterocycles. The second-order valence-corrected chi connectivity index (χ2v) is 13.6. The average molecular weight is 671 g/mol. The van der Waals surface area contributed by atoms with Crippen LogP contribution in [0.2, 0.25) is 5.02 Å². The summed E-state index contributed by atoms with van der Waals surface area (Å²) in [5.74, 6) is -2.81. The first kappa shape index (κ1) is 33.9. The Hall–Kier alpha value is -4.95. The van der Waals surface area contributed by atoms with Crippen molar-refractivity contribution < 1.29 is 32.6 Å². The lowest BCUT2D eigenvalue weighted by molar-refractivity contribution is -0.115. The van der Waals surface area contributed by atoms with Crippen LogP contribution in [0.1, 0.15) is 49.5 Å². The maximum absolute atomic E-state index is 14.7. The molecule has 12 nitrogen and oxygen atoms in total. The number of phenols is 2. The molecule has 1 aromatic heterocycles. The van der Waals surface area contributed by atoms with E-state index in [1.807, 2.05) is 13.8 Å². The third-order valence-electron chi connectivity index (χ3n) is 6.73. The SMILES string of the molecule is CC(C)c1cc(C(=O)NCC(=O)Nc2ccc(F)c(Nc3ncc(Cl)c(Nc4ccccc4S(=O)(=O)C(C)C)n3)c2)c(O)cc1O. The van der Waals surface area contributed by atoms with Gasteiger partial charge in [0.05, 0.1) is 39.8 Å². The third kappa shape index (κ3) is 7.82. The predicted molar refractivity (Wildman–Crippen MR) is 174 cm³/mol. The van der Waals surface area contributed by atoms with Crippen LogP contribution >= 0.6 is 11.6 Å². The molecule has 0 fully saturated rings. The number of nitrogens with one attached hydrogen (secondary N) is 4. The molecule has 242 valence electrons. The number of aromatic nitrogens is 2. The molecule has 46 heavy (non-hydrogen) atoms. The average Bonchev–Trinajstić information content (AvgIpc) is 2.99. The van der Waals surface area contributed by atoms with Crippen molar-refractivity contribution in [3.8, 4) is 11.5 Å². The molecule has 2 amide bonds. The van der Waals surface area contributed by atoms with Gasteiger partial charge in [-0.1, -0.05) is 37.6 Å². The minimum atomic E-state index is -3.64. The number of nitrogens with zero attached hydrogens (tertiary/aromatic N) is 2. The van der Waals surface area contributed by atoms with Gasteiger partial charge in [-0.05, 0) is 61.7 Å². The minimum Gasteiger partial charge on any atom is -0.508 e. The molecule has 4 aromatic rings. The van der Waals surface area contributed by atoms with Crippen LogP contribution in [0.15, 0.2) is 65.7 Å². The van der Waals surface area contributed by atoms with Gasteiger partial charge in [-0.25, -0.2) is 17.8 Å². The van der Waals surface area contributed by atoms with Crippen molar-refractivity contribution in [2.75, 3.05) is 22.5 Å². The van der Waals surface area contributed by atoms with E-state index in [-0.39, 0.29) is 56.0 Å². The number of amides is 2. The molecule has 0 unspecified atom stereocenters. The molecule has 15 heteroatoms. The van der Waals surface area contributed by atoms with E-state index in [1.165, 1.54) is 30.5 Å². The Morgan fingerprint density at radius 1 is 0.957 bits per heavy atom. The Morgan fingerprint density at radius 2 is 1.67 bits per heavy atom. The second kappa shape index (κ2) is 14.0. The van der Waals surface area contributed by atoms with Crippen LogP contribution in [0.4, 0.5) is 33.2 Å². The Bertz CT molecular complexity index is 1900. The second-order valence-electron chi connectivity index (χ2n) is 10.7. The first-order chi connectivity index (χ1) is 21.7. The van der Waals surface area contributed by atoms with Crippen molar-refractivity contribution in [2.45, 2.75) is 43.8 Å². The lowest BCUT2D eigenvalue weighted by Gasteiger charge is -2.15. The number of para-hydroxylation sites is 1. The molecule has 0 aliphatic carbocycles. The third-order valence-corrected chi connectivity index (χ3v) is 9.22. The van der Waals surface area contributed by atoms with E-state index in [1.54, 1.807) is 32.0 Å². The van der Waals surface area contributed by atoms with Gasteiger partial charge in [-0.15, -0.1) is 0 Å². The molecule has 0 radical (unpaired) electrons. The number of phenolic OH excluding ortho intramolecular Hbond substituents is 2. The number of carbonyl (C=O) groups is 2. The van der Waals surface area contributed by atoms with Crippen LogP contribution in [0.5, 0.6) is 11.5 Å². The van der Waals surface area contributed by atoms with Crippen molar-refractivity contribution >= 4 is 62.1 Å². The largest absolute Gasteiger partial charge is 0.508 e. The number of halogens is 2. The van der Waals surface area contributed by atoms with Gasteiger partial charge in [0, 0.05) is 11.8 Å². The smallest absolute Gasteiger partial charge is 0.255 e. The van der Waals surface area contributed by atoms with Gasteiger partial charge in [0.15, 0.2) is 15.7 Å². The Labute approximate surface area is 270 Å². The first-order valence-corrected chi connectivity index (χ1v) is 15.9. The number of aromatic hydroxyl groups is 2. The molecule has 0 bridgehead atoms. The molecule has 0 aliphatic heterocycles. The monoisotopic (exact) mass is 670 g/mol. The maximum atomic E-state index is 14.7. The number of rotatable bonds is 11. The summed E-state index contributed by atoms with van der Waals surface area (Å²) in [7, 11) is -3.64. The molecule has 3 aromatic carbocycles. The molecule has 6 N–H and O–H groups in total. The number of hydrogen-bond acceptors (Lipinski definition) is 10. The van der Waals surface area contributed by atoms with Gasteiger partial charge in [-0.2, -0.15) is 4.98 Å². The standard InChI is InChI=1S/C31H32ClFN6O6S/c1-16(2)19-12-20(26(41)13-25(19)40)30(43)34-15-28(42)36-18-9-10-22(33)24(11-18)38-31-35-14-21(32)29(39-31)37-23-7-5-6-8-27(23)46(44,45)17(3)4/h5-14,16-17,40-41H,15H2,1-4H3,(H,34,43)(H,36,42)(H2,35,37,38,39). The van der Waals surface area contributed by atoms with E-state index in [9.17, 15) is 32.6 Å². The van der Waals surface area contributed by atoms with Gasteiger partial charge >= 0.3 is 0 Å². The molecule has 0 saturated heterocycles. The predicted octanol–water partition coefficient (Wildman–Crippen LogP) is 5.84. The fourth-order valence-corrected chi connectivity index (χ4v) is 5.57. The van der Waals surface area contributed by atoms with Crippen LogP contribution in [0.25, 0.3) is 0 Å². The van der Waals surface area contributed by atoms with Crippen molar-refractivity contribution in [3.05, 3.63) is 82.8 Å². The molecule has 0 spiro atoms. The molecule has 0 atom stereocenters. The van der Waals surface area contributed by atoms with Crippen molar-refractivity contribution in [1.82, 2.24) is 15.3 Å². The van der Waals surface area contributed by atoms with Gasteiger partial charge in [0.25, 0.3) is 5.91 Å². The number of anilines is 5. The Morgan fingerprint density at radius 3 is 2.37 bits per heavy atom. The van der Waals surface area contributed by atoms with Crippen LogP contribution < -0.4 is 21.3 Å². The summed E-state index contributed by atoms with van der Waals surface area (Å²) in [6, 6.07) is 12.4. The number of sulfone groups is 1. The van der Waals surface area contributed by atoms with Crippen molar-refractivity contribution in [2.24, 2.45) is 0 Å². The summed E-state index contributed by atoms with van der Waals surface area (Å²) in [6.07, 6.45) is 1.25. The van der Waals surface area contributed by atoms with Crippen LogP contribution in [-0.4, -0.2) is 52.2 Å². The number of benzene rings is 3. The highest BCUT2D eigenvalue weighted by Gasteiger charge is 2.23. The van der Waals surface area contributed by atoms with Gasteiger partial charge in [0.1, 0.15) is 22.3 Å². The van der Waals surface area contributed by atoms with Crippen molar-refractivity contribution in [3.63, 3.8) is 0 Å². The summed E-state index contributed by atoms with van der Waals surface area (Å²) in [5, 5.41) is 30.1. The topological polar surface area (TPSA) is 183 Å². The van der Waals surface area contributed by atoms with E-state index < -0.39 is 45.0 Å². The van der Waals surface area contributed by atoms with Gasteiger partial charge < -0.3 is 31.5 Å². The quantitative estimate of drug-likeness (QED) is 0.113. The fraction of sp³-hybridized carbons (Fsp3) is 0.226. The minimum absolute atomic E-state index is 0.0556. The summed E-state index contributed by atoms with van der Waals surface area (Å²) in [6.45, 7) is 6.28. The van der Waals surface area contributed by atoms with E-state index in [4.69, 9.17) is 11.6 Å².